The molecule has 0 radical (unpaired) electrons. The summed E-state index contributed by atoms with van der Waals surface area (Å²) in [6.07, 6.45) is 5.09. The van der Waals surface area contributed by atoms with Gasteiger partial charge in [-0.25, -0.2) is 0 Å². The quantitative estimate of drug-likeness (QED) is 0.269. The number of halogens is 2. The molecule has 220 valence electrons. The van der Waals surface area contributed by atoms with Crippen molar-refractivity contribution in [2.75, 3.05) is 0 Å². The van der Waals surface area contributed by atoms with Crippen LogP contribution in [0.3, 0.4) is 0 Å². The van der Waals surface area contributed by atoms with Crippen LogP contribution in [0.25, 0.3) is 34.4 Å². The maximum atomic E-state index is 2.57. The number of hydrogen-bond donors (Lipinski definition) is 0. The van der Waals surface area contributed by atoms with Crippen molar-refractivity contribution in [3.8, 4) is 22.3 Å². The summed E-state index contributed by atoms with van der Waals surface area (Å²) in [5, 5.41) is 0. The Labute approximate surface area is 283 Å². The van der Waals surface area contributed by atoms with E-state index < -0.39 is 23.2 Å². The summed E-state index contributed by atoms with van der Waals surface area (Å²) in [5.41, 5.74) is 19.1. The molecule has 2 aliphatic rings. The van der Waals surface area contributed by atoms with E-state index in [0.717, 1.165) is 0 Å². The van der Waals surface area contributed by atoms with Gasteiger partial charge in [0.2, 0.25) is 0 Å². The summed E-state index contributed by atoms with van der Waals surface area (Å²) in [6, 6.07) is 30.1. The summed E-state index contributed by atoms with van der Waals surface area (Å²) in [5.74, 6) is 0.553. The average molecular weight is 685 g/mol. The van der Waals surface area contributed by atoms with Gasteiger partial charge in [-0.2, -0.15) is 0 Å². The monoisotopic (exact) mass is 682 g/mol. The zero-order valence-electron chi connectivity index (χ0n) is 26.6. The molecule has 0 amide bonds. The first-order chi connectivity index (χ1) is 19.5. The van der Waals surface area contributed by atoms with E-state index in [4.69, 9.17) is 0 Å². The van der Waals surface area contributed by atoms with Crippen LogP contribution in [0.1, 0.15) is 87.7 Å². The van der Waals surface area contributed by atoms with Crippen molar-refractivity contribution in [2.45, 2.75) is 68.1 Å². The third-order valence-corrected chi connectivity index (χ3v) is 14.1. The summed E-state index contributed by atoms with van der Waals surface area (Å²) in [6.45, 7) is 18.6. The number of fused-ring (bicyclic) bond motifs is 2. The second-order valence-electron chi connectivity index (χ2n) is 13.5. The van der Waals surface area contributed by atoms with Crippen molar-refractivity contribution in [1.29, 1.82) is 0 Å². The molecule has 0 N–H and O–H groups in total. The van der Waals surface area contributed by atoms with Crippen LogP contribution in [0.4, 0.5) is 0 Å². The number of aryl methyl sites for hydroxylation is 2. The minimum absolute atomic E-state index is 0. The molecule has 0 saturated heterocycles. The van der Waals surface area contributed by atoms with Crippen LogP contribution in [0.15, 0.2) is 90.0 Å². The fourth-order valence-corrected chi connectivity index (χ4v) is 12.0. The van der Waals surface area contributed by atoms with Crippen molar-refractivity contribution in [3.05, 3.63) is 129 Å². The molecular formula is C40H42Cl2Zr. The normalized spacial score (nSPS) is 16.9. The molecule has 0 fully saturated rings. The molecular weight excluding hydrogens is 643 g/mol. The molecule has 43 heavy (non-hydrogen) atoms. The summed E-state index contributed by atoms with van der Waals surface area (Å²) in [7, 11) is 0. The molecule has 3 heteroatoms. The molecule has 0 heterocycles. The summed E-state index contributed by atoms with van der Waals surface area (Å²) >= 11 is -0.956. The van der Waals surface area contributed by atoms with E-state index in [1.165, 1.54) is 50.1 Å². The van der Waals surface area contributed by atoms with Gasteiger partial charge in [-0.15, -0.1) is 0 Å². The molecule has 4 aromatic carbocycles. The van der Waals surface area contributed by atoms with E-state index in [2.05, 4.69) is 146 Å². The van der Waals surface area contributed by atoms with E-state index in [9.17, 15) is 0 Å². The van der Waals surface area contributed by atoms with Gasteiger partial charge in [0.15, 0.2) is 0 Å². The van der Waals surface area contributed by atoms with Gasteiger partial charge in [-0.05, 0) is 0 Å². The van der Waals surface area contributed by atoms with Crippen LogP contribution >= 0.6 is 0 Å². The summed E-state index contributed by atoms with van der Waals surface area (Å²) in [4.78, 5) is 0. The second kappa shape index (κ2) is 13.0. The Hall–Kier alpha value is -2.18. The molecule has 0 bridgehead atoms. The van der Waals surface area contributed by atoms with Gasteiger partial charge in [0.25, 0.3) is 0 Å². The Morgan fingerprint density at radius 3 is 1.67 bits per heavy atom. The second-order valence-corrected chi connectivity index (χ2v) is 17.2. The van der Waals surface area contributed by atoms with Crippen molar-refractivity contribution in [3.63, 3.8) is 0 Å². The van der Waals surface area contributed by atoms with Gasteiger partial charge < -0.3 is 24.8 Å². The fraction of sp³-hybridized carbons (Fsp3) is 0.300. The van der Waals surface area contributed by atoms with Crippen LogP contribution in [-0.2, 0) is 28.6 Å². The van der Waals surface area contributed by atoms with Crippen molar-refractivity contribution in [1.82, 2.24) is 0 Å². The first-order valence-electron chi connectivity index (χ1n) is 15.1. The molecule has 2 aliphatic carbocycles. The van der Waals surface area contributed by atoms with E-state index in [1.807, 2.05) is 0 Å². The predicted octanol–water partition coefficient (Wildman–Crippen LogP) is 5.28. The molecule has 0 saturated carbocycles. The Balaban J connectivity index is 0.00000212. The van der Waals surface area contributed by atoms with Gasteiger partial charge in [-0.3, -0.25) is 0 Å². The number of benzene rings is 4. The Kier molecular flexibility index (Phi) is 10.2. The maximum absolute atomic E-state index is 2.57. The Morgan fingerprint density at radius 2 is 1.14 bits per heavy atom. The van der Waals surface area contributed by atoms with Crippen LogP contribution < -0.4 is 24.8 Å². The standard InChI is InChI=1S/C21H23.C19H19.2ClH.Zr/c1-14-10-17-11-15(2)13-20(17)19(12-14)16-6-8-18(9-7-16)21(3,4)5;1-13(2)16-11-17-9-14(3)10-18(19(17)12-16)15-7-5-4-6-8-15;;;/h6-13H,1-5H3;4-13H,1-3H3;2*1H;/q;;;;+2/p-2. The maximum Gasteiger partial charge on any atom is -1.00 e. The minimum Gasteiger partial charge on any atom is -1.00 e. The number of hydrogen-bond acceptors (Lipinski definition) is 0. The third-order valence-electron chi connectivity index (χ3n) is 8.95. The largest absolute Gasteiger partial charge is 1.00 e. The van der Waals surface area contributed by atoms with Crippen LogP contribution in [0, 0.1) is 19.8 Å². The van der Waals surface area contributed by atoms with Crippen LogP contribution in [0.5, 0.6) is 0 Å². The van der Waals surface area contributed by atoms with Gasteiger partial charge in [0, 0.05) is 0 Å². The van der Waals surface area contributed by atoms with Crippen molar-refractivity contribution in [2.24, 2.45) is 5.92 Å². The smallest absolute Gasteiger partial charge is 1.00 e. The topological polar surface area (TPSA) is 0 Å². The van der Waals surface area contributed by atoms with Gasteiger partial charge in [0.05, 0.1) is 0 Å². The zero-order valence-corrected chi connectivity index (χ0v) is 30.6. The van der Waals surface area contributed by atoms with Crippen molar-refractivity contribution >= 4 is 12.2 Å². The first kappa shape index (κ1) is 33.7. The number of rotatable bonds is 5. The molecule has 6 rings (SSSR count). The summed E-state index contributed by atoms with van der Waals surface area (Å²) < 4.78 is 1.20. The third kappa shape index (κ3) is 6.47. The Morgan fingerprint density at radius 1 is 0.628 bits per heavy atom. The predicted molar refractivity (Wildman–Crippen MR) is 174 cm³/mol. The molecule has 2 unspecified atom stereocenters. The molecule has 0 nitrogen and oxygen atoms in total. The minimum atomic E-state index is -0.956. The molecule has 0 spiro atoms. The zero-order chi connectivity index (χ0) is 29.1. The van der Waals surface area contributed by atoms with Crippen molar-refractivity contribution < 1.29 is 48.0 Å². The van der Waals surface area contributed by atoms with E-state index >= 15 is 0 Å². The first-order valence-corrected chi connectivity index (χ1v) is 18.0. The van der Waals surface area contributed by atoms with Gasteiger partial charge >= 0.3 is 261 Å². The van der Waals surface area contributed by atoms with E-state index in [0.29, 0.717) is 13.2 Å². The average Bonchev–Trinajstić information content (AvgIpc) is 3.45. The van der Waals surface area contributed by atoms with Crippen LogP contribution in [-0.4, -0.2) is 0 Å². The fourth-order valence-electron chi connectivity index (χ4n) is 6.76. The SMILES string of the molecule is CC1=Cc2c(-c3ccc(C(C)(C)C)cc3)cc(C)cc2[CH]1[Zr+2][CH]1C(C(C)C)=Cc2c(-c3ccccc3)cc(C)cc21.[Cl-].[Cl-]. The molecule has 2 atom stereocenters. The number of allylic oxidation sites excluding steroid dienone is 2. The molecule has 0 aromatic heterocycles. The molecule has 0 aliphatic heterocycles. The Bertz CT molecular complexity index is 1690. The van der Waals surface area contributed by atoms with E-state index in [-0.39, 0.29) is 30.2 Å². The van der Waals surface area contributed by atoms with Gasteiger partial charge in [0.1, 0.15) is 0 Å². The molecule has 4 aromatic rings. The van der Waals surface area contributed by atoms with Crippen LogP contribution in [0.2, 0.25) is 0 Å². The van der Waals surface area contributed by atoms with Gasteiger partial charge in [-0.1, -0.05) is 0 Å². The van der Waals surface area contributed by atoms with E-state index in [1.54, 1.807) is 22.3 Å².